The van der Waals surface area contributed by atoms with Crippen LogP contribution in [0.3, 0.4) is 0 Å². The van der Waals surface area contributed by atoms with Gasteiger partial charge in [0.2, 0.25) is 0 Å². The van der Waals surface area contributed by atoms with Crippen molar-refractivity contribution in [1.29, 1.82) is 0 Å². The highest BCUT2D eigenvalue weighted by Crippen LogP contribution is 2.31. The first kappa shape index (κ1) is 9.44. The van der Waals surface area contributed by atoms with Gasteiger partial charge in [-0.1, -0.05) is 15.9 Å². The molecule has 0 unspecified atom stereocenters. The van der Waals surface area contributed by atoms with Crippen LogP contribution in [0.5, 0.6) is 0 Å². The van der Waals surface area contributed by atoms with Crippen molar-refractivity contribution < 1.29 is 4.39 Å². The van der Waals surface area contributed by atoms with Gasteiger partial charge in [0.15, 0.2) is 0 Å². The van der Waals surface area contributed by atoms with Crippen molar-refractivity contribution in [3.63, 3.8) is 0 Å². The highest BCUT2D eigenvalue weighted by atomic mass is 79.9. The van der Waals surface area contributed by atoms with E-state index in [0.29, 0.717) is 11.3 Å². The van der Waals surface area contributed by atoms with E-state index in [0.717, 1.165) is 14.7 Å². The van der Waals surface area contributed by atoms with Crippen LogP contribution >= 0.6 is 38.9 Å². The van der Waals surface area contributed by atoms with Crippen molar-refractivity contribution in [3.8, 4) is 0 Å². The SMILES string of the molecule is Fc1csc2cc(Br)c(CCl)cc12. The lowest BCUT2D eigenvalue weighted by Crippen LogP contribution is -1.80. The van der Waals surface area contributed by atoms with E-state index >= 15 is 0 Å². The molecule has 0 radical (unpaired) electrons. The Kier molecular flexibility index (Phi) is 2.58. The minimum absolute atomic E-state index is 0.168. The zero-order valence-corrected chi connectivity index (χ0v) is 9.64. The first-order valence-electron chi connectivity index (χ1n) is 3.63. The van der Waals surface area contributed by atoms with Gasteiger partial charge in [0.1, 0.15) is 5.82 Å². The lowest BCUT2D eigenvalue weighted by atomic mass is 10.2. The number of hydrogen-bond acceptors (Lipinski definition) is 1. The van der Waals surface area contributed by atoms with Gasteiger partial charge in [0.05, 0.1) is 0 Å². The van der Waals surface area contributed by atoms with Crippen molar-refractivity contribution >= 4 is 49.0 Å². The van der Waals surface area contributed by atoms with E-state index in [2.05, 4.69) is 15.9 Å². The summed E-state index contributed by atoms with van der Waals surface area (Å²) >= 11 is 10.5. The van der Waals surface area contributed by atoms with Gasteiger partial charge in [-0.25, -0.2) is 4.39 Å². The molecule has 1 aromatic heterocycles. The van der Waals surface area contributed by atoms with Crippen molar-refractivity contribution in [1.82, 2.24) is 0 Å². The number of halogens is 3. The molecule has 68 valence electrons. The van der Waals surface area contributed by atoms with Gasteiger partial charge in [-0.15, -0.1) is 22.9 Å². The molecule has 0 N–H and O–H groups in total. The third-order valence-corrected chi connectivity index (χ3v) is 3.78. The van der Waals surface area contributed by atoms with Crippen LogP contribution in [0.1, 0.15) is 5.56 Å². The van der Waals surface area contributed by atoms with Gasteiger partial charge in [0, 0.05) is 25.8 Å². The molecule has 0 amide bonds. The second-order valence-electron chi connectivity index (χ2n) is 2.66. The van der Waals surface area contributed by atoms with E-state index in [1.165, 1.54) is 16.7 Å². The third-order valence-electron chi connectivity index (χ3n) is 1.84. The summed E-state index contributed by atoms with van der Waals surface area (Å²) in [5, 5.41) is 2.17. The average molecular weight is 280 g/mol. The molecule has 0 nitrogen and oxygen atoms in total. The van der Waals surface area contributed by atoms with Gasteiger partial charge in [-0.3, -0.25) is 0 Å². The summed E-state index contributed by atoms with van der Waals surface area (Å²) in [6, 6.07) is 3.69. The van der Waals surface area contributed by atoms with Crippen LogP contribution in [0, 0.1) is 5.82 Å². The van der Waals surface area contributed by atoms with Gasteiger partial charge >= 0.3 is 0 Å². The van der Waals surface area contributed by atoms with Crippen molar-refractivity contribution in [3.05, 3.63) is 33.4 Å². The Morgan fingerprint density at radius 1 is 1.46 bits per heavy atom. The minimum atomic E-state index is -0.168. The molecule has 0 bridgehead atoms. The normalized spacial score (nSPS) is 11.0. The molecule has 0 atom stereocenters. The monoisotopic (exact) mass is 278 g/mol. The summed E-state index contributed by atoms with van der Waals surface area (Å²) in [4.78, 5) is 0. The van der Waals surface area contributed by atoms with Crippen LogP contribution in [0.4, 0.5) is 4.39 Å². The summed E-state index contributed by atoms with van der Waals surface area (Å²) in [7, 11) is 0. The van der Waals surface area contributed by atoms with Gasteiger partial charge < -0.3 is 0 Å². The number of thiophene rings is 1. The maximum Gasteiger partial charge on any atom is 0.141 e. The highest BCUT2D eigenvalue weighted by molar-refractivity contribution is 9.10. The predicted molar refractivity (Wildman–Crippen MR) is 59.0 cm³/mol. The molecular formula is C9H5BrClFS. The van der Waals surface area contributed by atoms with E-state index in [4.69, 9.17) is 11.6 Å². The fourth-order valence-electron chi connectivity index (χ4n) is 1.17. The fourth-order valence-corrected chi connectivity index (χ4v) is 3.01. The number of alkyl halides is 1. The van der Waals surface area contributed by atoms with Crippen molar-refractivity contribution in [2.45, 2.75) is 5.88 Å². The molecule has 2 rings (SSSR count). The molecule has 1 heterocycles. The molecule has 4 heteroatoms. The lowest BCUT2D eigenvalue weighted by Gasteiger charge is -1.99. The van der Waals surface area contributed by atoms with Gasteiger partial charge in [-0.05, 0) is 17.7 Å². The molecule has 2 aromatic rings. The lowest BCUT2D eigenvalue weighted by molar-refractivity contribution is 0.644. The fraction of sp³-hybridized carbons (Fsp3) is 0.111. The summed E-state index contributed by atoms with van der Waals surface area (Å²) < 4.78 is 15.0. The van der Waals surface area contributed by atoms with E-state index in [-0.39, 0.29) is 5.82 Å². The van der Waals surface area contributed by atoms with Crippen LogP contribution in [-0.4, -0.2) is 0 Å². The molecule has 0 aliphatic carbocycles. The number of hydrogen-bond donors (Lipinski definition) is 0. The molecule has 13 heavy (non-hydrogen) atoms. The molecule has 0 aliphatic rings. The Labute approximate surface area is 92.5 Å². The Bertz CT molecular complexity index is 452. The predicted octanol–water partition coefficient (Wildman–Crippen LogP) is 4.54. The van der Waals surface area contributed by atoms with E-state index in [9.17, 15) is 4.39 Å². The molecule has 0 saturated carbocycles. The maximum absolute atomic E-state index is 13.1. The largest absolute Gasteiger partial charge is 0.205 e. The van der Waals surface area contributed by atoms with Gasteiger partial charge in [0.25, 0.3) is 0 Å². The Balaban J connectivity index is 2.77. The average Bonchev–Trinajstić information content (AvgIpc) is 2.46. The quantitative estimate of drug-likeness (QED) is 0.672. The maximum atomic E-state index is 13.1. The van der Waals surface area contributed by atoms with Gasteiger partial charge in [-0.2, -0.15) is 0 Å². The standard InChI is InChI=1S/C9H5BrClFS/c10-7-2-9-6(1-5(7)3-11)8(12)4-13-9/h1-2,4H,3H2. The molecule has 1 aromatic carbocycles. The summed E-state index contributed by atoms with van der Waals surface area (Å²) in [6.45, 7) is 0. The van der Waals surface area contributed by atoms with E-state index < -0.39 is 0 Å². The summed E-state index contributed by atoms with van der Waals surface area (Å²) in [5.41, 5.74) is 0.923. The minimum Gasteiger partial charge on any atom is -0.205 e. The van der Waals surface area contributed by atoms with Crippen LogP contribution in [0.15, 0.2) is 22.0 Å². The first-order valence-corrected chi connectivity index (χ1v) is 5.84. The Morgan fingerprint density at radius 3 is 2.92 bits per heavy atom. The molecule has 0 spiro atoms. The zero-order valence-electron chi connectivity index (χ0n) is 6.48. The van der Waals surface area contributed by atoms with Crippen LogP contribution < -0.4 is 0 Å². The molecule has 0 saturated heterocycles. The van der Waals surface area contributed by atoms with Crippen molar-refractivity contribution in [2.24, 2.45) is 0 Å². The van der Waals surface area contributed by atoms with Crippen LogP contribution in [-0.2, 0) is 5.88 Å². The van der Waals surface area contributed by atoms with E-state index in [1.807, 2.05) is 6.07 Å². The number of benzene rings is 1. The van der Waals surface area contributed by atoms with Crippen LogP contribution in [0.2, 0.25) is 0 Å². The highest BCUT2D eigenvalue weighted by Gasteiger charge is 2.07. The molecular weight excluding hydrogens is 275 g/mol. The smallest absolute Gasteiger partial charge is 0.141 e. The zero-order chi connectivity index (χ0) is 9.42. The number of fused-ring (bicyclic) bond motifs is 1. The molecule has 0 aliphatic heterocycles. The van der Waals surface area contributed by atoms with Crippen molar-refractivity contribution in [2.75, 3.05) is 0 Å². The second kappa shape index (κ2) is 3.56. The first-order chi connectivity index (χ1) is 6.22. The Morgan fingerprint density at radius 2 is 2.23 bits per heavy atom. The molecule has 0 fully saturated rings. The Hall–Kier alpha value is -0.120. The second-order valence-corrected chi connectivity index (χ2v) is 4.69. The van der Waals surface area contributed by atoms with Crippen LogP contribution in [0.25, 0.3) is 10.1 Å². The number of rotatable bonds is 1. The summed E-state index contributed by atoms with van der Waals surface area (Å²) in [6.07, 6.45) is 0. The van der Waals surface area contributed by atoms with E-state index in [1.54, 1.807) is 6.07 Å². The third kappa shape index (κ3) is 1.60. The summed E-state index contributed by atoms with van der Waals surface area (Å²) in [5.74, 6) is 0.227. The topological polar surface area (TPSA) is 0 Å².